The highest BCUT2D eigenvalue weighted by Gasteiger charge is 2.22. The third-order valence-electron chi connectivity index (χ3n) is 2.56. The Bertz CT molecular complexity index is 366. The van der Waals surface area contributed by atoms with Crippen molar-refractivity contribution in [2.24, 2.45) is 0 Å². The zero-order chi connectivity index (χ0) is 10.3. The van der Waals surface area contributed by atoms with E-state index in [4.69, 9.17) is 11.6 Å². The van der Waals surface area contributed by atoms with E-state index >= 15 is 0 Å². The third kappa shape index (κ3) is 1.64. The van der Waals surface area contributed by atoms with Crippen LogP contribution < -0.4 is 5.32 Å². The van der Waals surface area contributed by atoms with Crippen LogP contribution in [0.15, 0.2) is 6.07 Å². The van der Waals surface area contributed by atoms with Crippen LogP contribution in [0.1, 0.15) is 37.6 Å². The van der Waals surface area contributed by atoms with Crippen molar-refractivity contribution in [3.63, 3.8) is 0 Å². The molecule has 0 unspecified atom stereocenters. The van der Waals surface area contributed by atoms with Gasteiger partial charge in [-0.1, -0.05) is 32.4 Å². The minimum atomic E-state index is 0.0711. The molecular weight excluding hydrogens is 196 g/mol. The van der Waals surface area contributed by atoms with E-state index in [1.54, 1.807) is 0 Å². The molecule has 14 heavy (non-hydrogen) atoms. The summed E-state index contributed by atoms with van der Waals surface area (Å²) in [5.74, 6) is 0. The smallest absolute Gasteiger partial charge is 0.133 e. The van der Waals surface area contributed by atoms with Crippen LogP contribution in [0, 0.1) is 0 Å². The van der Waals surface area contributed by atoms with Crippen LogP contribution in [0.3, 0.4) is 0 Å². The first-order chi connectivity index (χ1) is 6.48. The van der Waals surface area contributed by atoms with Gasteiger partial charge in [-0.15, -0.1) is 0 Å². The molecule has 0 aromatic carbocycles. The number of rotatable bonds is 0. The van der Waals surface area contributed by atoms with Crippen LogP contribution in [0.4, 0.5) is 0 Å². The third-order valence-corrected chi connectivity index (χ3v) is 2.85. The molecule has 2 heterocycles. The van der Waals surface area contributed by atoms with Crippen LogP contribution >= 0.6 is 11.6 Å². The summed E-state index contributed by atoms with van der Waals surface area (Å²) in [7, 11) is 0. The molecule has 3 heteroatoms. The molecule has 0 aliphatic carbocycles. The van der Waals surface area contributed by atoms with E-state index in [-0.39, 0.29) is 5.41 Å². The predicted molar refractivity (Wildman–Crippen MR) is 58.5 cm³/mol. The second kappa shape index (κ2) is 3.21. The summed E-state index contributed by atoms with van der Waals surface area (Å²) in [4.78, 5) is 4.42. The van der Waals surface area contributed by atoms with Gasteiger partial charge in [-0.25, -0.2) is 4.98 Å². The molecule has 0 amide bonds. The number of aromatic nitrogens is 1. The Kier molecular flexibility index (Phi) is 2.28. The predicted octanol–water partition coefficient (Wildman–Crippen LogP) is 2.64. The van der Waals surface area contributed by atoms with Gasteiger partial charge in [0.25, 0.3) is 0 Å². The van der Waals surface area contributed by atoms with Gasteiger partial charge in [0.15, 0.2) is 0 Å². The first kappa shape index (κ1) is 9.94. The molecule has 0 saturated carbocycles. The summed E-state index contributed by atoms with van der Waals surface area (Å²) < 4.78 is 0. The summed E-state index contributed by atoms with van der Waals surface area (Å²) in [6.07, 6.45) is 0. The van der Waals surface area contributed by atoms with E-state index in [1.807, 2.05) is 0 Å². The SMILES string of the molecule is CC(C)(C)c1cc2c(nc1Cl)CNC2. The molecule has 1 aromatic rings. The average Bonchev–Trinajstić information content (AvgIpc) is 2.47. The Morgan fingerprint density at radius 1 is 1.36 bits per heavy atom. The van der Waals surface area contributed by atoms with Crippen LogP contribution in [0.25, 0.3) is 0 Å². The van der Waals surface area contributed by atoms with E-state index in [0.29, 0.717) is 5.15 Å². The van der Waals surface area contributed by atoms with E-state index in [9.17, 15) is 0 Å². The number of halogens is 1. The first-order valence-corrected chi connectivity index (χ1v) is 5.26. The largest absolute Gasteiger partial charge is 0.307 e. The van der Waals surface area contributed by atoms with Crippen LogP contribution in [-0.4, -0.2) is 4.98 Å². The Balaban J connectivity index is 2.53. The van der Waals surface area contributed by atoms with Crippen molar-refractivity contribution in [1.82, 2.24) is 10.3 Å². The fourth-order valence-electron chi connectivity index (χ4n) is 1.72. The molecular formula is C11H15ClN2. The molecule has 1 aliphatic heterocycles. The summed E-state index contributed by atoms with van der Waals surface area (Å²) in [5, 5.41) is 3.93. The number of nitrogens with one attached hydrogen (secondary N) is 1. The van der Waals surface area contributed by atoms with Gasteiger partial charge in [0.2, 0.25) is 0 Å². The van der Waals surface area contributed by atoms with Gasteiger partial charge in [0.1, 0.15) is 5.15 Å². The number of fused-ring (bicyclic) bond motifs is 1. The summed E-state index contributed by atoms with van der Waals surface area (Å²) in [5.41, 5.74) is 3.60. The number of pyridine rings is 1. The quantitative estimate of drug-likeness (QED) is 0.666. The van der Waals surface area contributed by atoms with E-state index in [0.717, 1.165) is 24.3 Å². The van der Waals surface area contributed by atoms with E-state index < -0.39 is 0 Å². The highest BCUT2D eigenvalue weighted by atomic mass is 35.5. The number of nitrogens with zero attached hydrogens (tertiary/aromatic N) is 1. The molecule has 76 valence electrons. The normalized spacial score (nSPS) is 15.7. The summed E-state index contributed by atoms with van der Waals surface area (Å²) in [6, 6.07) is 2.19. The first-order valence-electron chi connectivity index (χ1n) is 4.88. The van der Waals surface area contributed by atoms with Gasteiger partial charge in [0.05, 0.1) is 5.69 Å². The average molecular weight is 211 g/mol. The van der Waals surface area contributed by atoms with Crippen molar-refractivity contribution in [3.8, 4) is 0 Å². The molecule has 0 spiro atoms. The second-order valence-corrected chi connectivity index (χ2v) is 5.14. The van der Waals surface area contributed by atoms with Crippen LogP contribution in [-0.2, 0) is 18.5 Å². The Hall–Kier alpha value is -0.600. The summed E-state index contributed by atoms with van der Waals surface area (Å²) >= 11 is 6.15. The minimum absolute atomic E-state index is 0.0711. The molecule has 0 radical (unpaired) electrons. The Morgan fingerprint density at radius 2 is 2.07 bits per heavy atom. The molecule has 1 N–H and O–H groups in total. The maximum Gasteiger partial charge on any atom is 0.133 e. The monoisotopic (exact) mass is 210 g/mol. The molecule has 2 rings (SSSR count). The van der Waals surface area contributed by atoms with Gasteiger partial charge in [-0.05, 0) is 22.6 Å². The lowest BCUT2D eigenvalue weighted by Crippen LogP contribution is -2.13. The van der Waals surface area contributed by atoms with Crippen molar-refractivity contribution in [1.29, 1.82) is 0 Å². The molecule has 0 atom stereocenters. The fourth-order valence-corrected chi connectivity index (χ4v) is 2.16. The van der Waals surface area contributed by atoms with Gasteiger partial charge in [-0.2, -0.15) is 0 Å². The minimum Gasteiger partial charge on any atom is -0.307 e. The molecule has 0 fully saturated rings. The molecule has 0 bridgehead atoms. The van der Waals surface area contributed by atoms with Crippen molar-refractivity contribution < 1.29 is 0 Å². The standard InChI is InChI=1S/C11H15ClN2/c1-11(2,3)8-4-7-5-13-6-9(7)14-10(8)12/h4,13H,5-6H2,1-3H3. The van der Waals surface area contributed by atoms with Crippen molar-refractivity contribution in [3.05, 3.63) is 28.0 Å². The maximum absolute atomic E-state index is 6.15. The fraction of sp³-hybridized carbons (Fsp3) is 0.545. The van der Waals surface area contributed by atoms with Crippen LogP contribution in [0.5, 0.6) is 0 Å². The Morgan fingerprint density at radius 3 is 2.71 bits per heavy atom. The van der Waals surface area contributed by atoms with Gasteiger partial charge in [0, 0.05) is 13.1 Å². The molecule has 1 aromatic heterocycles. The number of hydrogen-bond donors (Lipinski definition) is 1. The highest BCUT2D eigenvalue weighted by Crippen LogP contribution is 2.30. The Labute approximate surface area is 89.7 Å². The van der Waals surface area contributed by atoms with Gasteiger partial charge < -0.3 is 5.32 Å². The lowest BCUT2D eigenvalue weighted by molar-refractivity contribution is 0.586. The van der Waals surface area contributed by atoms with E-state index in [1.165, 1.54) is 5.56 Å². The molecule has 1 aliphatic rings. The second-order valence-electron chi connectivity index (χ2n) is 4.79. The van der Waals surface area contributed by atoms with Crippen molar-refractivity contribution in [2.45, 2.75) is 39.3 Å². The topological polar surface area (TPSA) is 24.9 Å². The van der Waals surface area contributed by atoms with Crippen molar-refractivity contribution in [2.75, 3.05) is 0 Å². The molecule has 2 nitrogen and oxygen atoms in total. The van der Waals surface area contributed by atoms with Crippen molar-refractivity contribution >= 4 is 11.6 Å². The summed E-state index contributed by atoms with van der Waals surface area (Å²) in [6.45, 7) is 8.24. The lowest BCUT2D eigenvalue weighted by Gasteiger charge is -2.20. The lowest BCUT2D eigenvalue weighted by atomic mass is 9.87. The maximum atomic E-state index is 6.15. The zero-order valence-electron chi connectivity index (χ0n) is 8.82. The molecule has 0 saturated heterocycles. The van der Waals surface area contributed by atoms with Crippen LogP contribution in [0.2, 0.25) is 5.15 Å². The van der Waals surface area contributed by atoms with Gasteiger partial charge >= 0.3 is 0 Å². The number of hydrogen-bond acceptors (Lipinski definition) is 2. The zero-order valence-corrected chi connectivity index (χ0v) is 9.57. The highest BCUT2D eigenvalue weighted by molar-refractivity contribution is 6.30. The van der Waals surface area contributed by atoms with E-state index in [2.05, 4.69) is 37.1 Å². The van der Waals surface area contributed by atoms with Gasteiger partial charge in [-0.3, -0.25) is 0 Å².